The number of pyridine rings is 1. The first-order valence-electron chi connectivity index (χ1n) is 7.18. The lowest BCUT2D eigenvalue weighted by Crippen LogP contribution is -2.35. The number of thiazole rings is 1. The summed E-state index contributed by atoms with van der Waals surface area (Å²) in [4.78, 5) is 11.3. The Labute approximate surface area is 131 Å². The molecule has 2 heterocycles. The van der Waals surface area contributed by atoms with Gasteiger partial charge in [-0.3, -0.25) is 9.88 Å². The third-order valence-corrected chi connectivity index (χ3v) is 3.65. The molecule has 0 aliphatic rings. The summed E-state index contributed by atoms with van der Waals surface area (Å²) in [5.41, 5.74) is 5.29. The van der Waals surface area contributed by atoms with E-state index in [1.807, 2.05) is 5.51 Å². The lowest BCUT2D eigenvalue weighted by molar-refractivity contribution is 0.311. The van der Waals surface area contributed by atoms with Crippen molar-refractivity contribution >= 4 is 11.3 Å². The van der Waals surface area contributed by atoms with Crippen LogP contribution in [0.15, 0.2) is 29.1 Å². The summed E-state index contributed by atoms with van der Waals surface area (Å²) < 4.78 is 0. The molecule has 0 spiro atoms. The second-order valence-corrected chi connectivity index (χ2v) is 7.09. The smallest absolute Gasteiger partial charge is 0.0795 e. The van der Waals surface area contributed by atoms with Crippen LogP contribution >= 0.6 is 11.3 Å². The Hall–Kier alpha value is -1.30. The molecule has 0 aliphatic heterocycles. The Morgan fingerprint density at radius 1 is 1.14 bits per heavy atom. The van der Waals surface area contributed by atoms with Gasteiger partial charge in [-0.25, -0.2) is 4.98 Å². The molecule has 2 aromatic heterocycles. The summed E-state index contributed by atoms with van der Waals surface area (Å²) in [5.74, 6) is 0. The summed E-state index contributed by atoms with van der Waals surface area (Å²) in [6.07, 6.45) is 0. The maximum Gasteiger partial charge on any atom is 0.0795 e. The van der Waals surface area contributed by atoms with Crippen LogP contribution in [0.3, 0.4) is 0 Å². The quantitative estimate of drug-likeness (QED) is 0.890. The van der Waals surface area contributed by atoms with E-state index in [-0.39, 0.29) is 5.54 Å². The average molecular weight is 304 g/mol. The highest BCUT2D eigenvalue weighted by Gasteiger charge is 2.09. The maximum atomic E-state index is 4.72. The largest absolute Gasteiger partial charge is 0.306 e. The molecule has 0 aliphatic carbocycles. The predicted molar refractivity (Wildman–Crippen MR) is 88.1 cm³/mol. The molecule has 5 heteroatoms. The van der Waals surface area contributed by atoms with E-state index < -0.39 is 0 Å². The van der Waals surface area contributed by atoms with Crippen molar-refractivity contribution in [3.63, 3.8) is 0 Å². The summed E-state index contributed by atoms with van der Waals surface area (Å²) in [6.45, 7) is 8.99. The van der Waals surface area contributed by atoms with Crippen LogP contribution in [0, 0.1) is 0 Å². The van der Waals surface area contributed by atoms with Gasteiger partial charge in [-0.1, -0.05) is 6.07 Å². The molecule has 0 fully saturated rings. The molecule has 2 aromatic rings. The van der Waals surface area contributed by atoms with E-state index in [1.54, 1.807) is 11.3 Å². The molecule has 4 nitrogen and oxygen atoms in total. The fourth-order valence-corrected chi connectivity index (χ4v) is 2.55. The molecule has 0 aromatic carbocycles. The zero-order chi connectivity index (χ0) is 15.3. The lowest BCUT2D eigenvalue weighted by Gasteiger charge is -2.20. The summed E-state index contributed by atoms with van der Waals surface area (Å²) >= 11 is 1.64. The predicted octanol–water partition coefficient (Wildman–Crippen LogP) is 3.06. The number of rotatable bonds is 6. The average Bonchev–Trinajstić information content (AvgIpc) is 2.88. The minimum atomic E-state index is 0.110. The van der Waals surface area contributed by atoms with E-state index in [2.05, 4.69) is 66.6 Å². The highest BCUT2D eigenvalue weighted by molar-refractivity contribution is 7.07. The topological polar surface area (TPSA) is 41.1 Å². The van der Waals surface area contributed by atoms with Crippen molar-refractivity contribution in [3.8, 4) is 0 Å². The summed E-state index contributed by atoms with van der Waals surface area (Å²) in [7, 11) is 2.10. The third-order valence-electron chi connectivity index (χ3n) is 3.01. The van der Waals surface area contributed by atoms with Crippen LogP contribution in [-0.2, 0) is 19.6 Å². The number of aromatic nitrogens is 2. The Kier molecular flexibility index (Phi) is 5.45. The molecular formula is C16H24N4S. The van der Waals surface area contributed by atoms with Crippen molar-refractivity contribution in [2.45, 2.75) is 45.9 Å². The van der Waals surface area contributed by atoms with Gasteiger partial charge in [-0.15, -0.1) is 11.3 Å². The van der Waals surface area contributed by atoms with Crippen LogP contribution in [0.5, 0.6) is 0 Å². The van der Waals surface area contributed by atoms with Gasteiger partial charge in [0, 0.05) is 30.6 Å². The Balaban J connectivity index is 1.91. The van der Waals surface area contributed by atoms with Gasteiger partial charge in [0.25, 0.3) is 0 Å². The molecule has 0 radical (unpaired) electrons. The molecule has 0 saturated carbocycles. The van der Waals surface area contributed by atoms with Crippen LogP contribution in [0.2, 0.25) is 0 Å². The van der Waals surface area contributed by atoms with Crippen molar-refractivity contribution in [2.24, 2.45) is 0 Å². The Morgan fingerprint density at radius 2 is 1.86 bits per heavy atom. The molecule has 0 unspecified atom stereocenters. The molecule has 2 rings (SSSR count). The first-order chi connectivity index (χ1) is 9.92. The van der Waals surface area contributed by atoms with Crippen LogP contribution in [-0.4, -0.2) is 27.5 Å². The SMILES string of the molecule is CN(Cc1cscn1)Cc1cccc(CNC(C)(C)C)n1. The summed E-state index contributed by atoms with van der Waals surface area (Å²) in [5, 5.41) is 5.56. The number of hydrogen-bond donors (Lipinski definition) is 1. The van der Waals surface area contributed by atoms with Gasteiger partial charge in [-0.05, 0) is 40.0 Å². The van der Waals surface area contributed by atoms with Crippen molar-refractivity contribution in [3.05, 3.63) is 46.2 Å². The highest BCUT2D eigenvalue weighted by atomic mass is 32.1. The van der Waals surface area contributed by atoms with Crippen LogP contribution in [0.1, 0.15) is 37.9 Å². The van der Waals surface area contributed by atoms with Gasteiger partial charge in [0.2, 0.25) is 0 Å². The normalized spacial score (nSPS) is 12.0. The van der Waals surface area contributed by atoms with Crippen molar-refractivity contribution in [1.82, 2.24) is 20.2 Å². The molecule has 0 amide bonds. The second-order valence-electron chi connectivity index (χ2n) is 6.38. The molecule has 0 bridgehead atoms. The van der Waals surface area contributed by atoms with Crippen LogP contribution in [0.25, 0.3) is 0 Å². The fraction of sp³-hybridized carbons (Fsp3) is 0.500. The minimum Gasteiger partial charge on any atom is -0.306 e. The third kappa shape index (κ3) is 5.91. The molecule has 0 saturated heterocycles. The number of nitrogens with one attached hydrogen (secondary N) is 1. The second kappa shape index (κ2) is 7.11. The van der Waals surface area contributed by atoms with Gasteiger partial charge in [0.15, 0.2) is 0 Å². The molecule has 21 heavy (non-hydrogen) atoms. The first kappa shape index (κ1) is 16.1. The first-order valence-corrected chi connectivity index (χ1v) is 8.12. The van der Waals surface area contributed by atoms with Crippen molar-refractivity contribution in [2.75, 3.05) is 7.05 Å². The van der Waals surface area contributed by atoms with Crippen LogP contribution < -0.4 is 5.32 Å². The zero-order valence-corrected chi connectivity index (χ0v) is 14.1. The minimum absolute atomic E-state index is 0.110. The highest BCUT2D eigenvalue weighted by Crippen LogP contribution is 2.09. The van der Waals surface area contributed by atoms with Gasteiger partial charge in [0.1, 0.15) is 0 Å². The standard InChI is InChI=1S/C16H24N4S/c1-16(2,3)18-8-13-6-5-7-14(19-13)9-20(4)10-15-11-21-12-17-15/h5-7,11-12,18H,8-10H2,1-4H3. The fourth-order valence-electron chi connectivity index (χ4n) is 2.00. The molecule has 1 N–H and O–H groups in total. The summed E-state index contributed by atoms with van der Waals surface area (Å²) in [6, 6.07) is 6.24. The van der Waals surface area contributed by atoms with Crippen LogP contribution in [0.4, 0.5) is 0 Å². The Bertz CT molecular complexity index is 546. The van der Waals surface area contributed by atoms with Crippen molar-refractivity contribution in [1.29, 1.82) is 0 Å². The van der Waals surface area contributed by atoms with Crippen molar-refractivity contribution < 1.29 is 0 Å². The molecule has 114 valence electrons. The molecule has 0 atom stereocenters. The Morgan fingerprint density at radius 3 is 2.52 bits per heavy atom. The zero-order valence-electron chi connectivity index (χ0n) is 13.3. The van der Waals surface area contributed by atoms with E-state index >= 15 is 0 Å². The van der Waals surface area contributed by atoms with Gasteiger partial charge < -0.3 is 5.32 Å². The lowest BCUT2D eigenvalue weighted by atomic mass is 10.1. The maximum absolute atomic E-state index is 4.72. The number of nitrogens with zero attached hydrogens (tertiary/aromatic N) is 3. The van der Waals surface area contributed by atoms with E-state index in [0.29, 0.717) is 0 Å². The monoisotopic (exact) mass is 304 g/mol. The van der Waals surface area contributed by atoms with Gasteiger partial charge >= 0.3 is 0 Å². The van der Waals surface area contributed by atoms with Gasteiger partial charge in [-0.2, -0.15) is 0 Å². The van der Waals surface area contributed by atoms with Gasteiger partial charge in [0.05, 0.1) is 22.6 Å². The van der Waals surface area contributed by atoms with E-state index in [0.717, 1.165) is 36.7 Å². The van der Waals surface area contributed by atoms with E-state index in [4.69, 9.17) is 4.98 Å². The van der Waals surface area contributed by atoms with E-state index in [9.17, 15) is 0 Å². The number of hydrogen-bond acceptors (Lipinski definition) is 5. The van der Waals surface area contributed by atoms with E-state index in [1.165, 1.54) is 0 Å². The molecular weight excluding hydrogens is 280 g/mol.